The van der Waals surface area contributed by atoms with E-state index < -0.39 is 23.7 Å². The molecule has 0 fully saturated rings. The van der Waals surface area contributed by atoms with Gasteiger partial charge in [-0.25, -0.2) is 4.39 Å². The molecule has 1 N–H and O–H groups in total. The van der Waals surface area contributed by atoms with E-state index in [2.05, 4.69) is 0 Å². The van der Waals surface area contributed by atoms with E-state index in [-0.39, 0.29) is 17.5 Å². The molecule has 2 aromatic rings. The van der Waals surface area contributed by atoms with Crippen molar-refractivity contribution in [2.24, 2.45) is 0 Å². The lowest BCUT2D eigenvalue weighted by atomic mass is 9.96. The van der Waals surface area contributed by atoms with Crippen LogP contribution in [0.4, 0.5) is 17.6 Å². The van der Waals surface area contributed by atoms with Gasteiger partial charge in [0, 0.05) is 6.42 Å². The second kappa shape index (κ2) is 5.63. The SMILES string of the molecule is OC(Cc1ccccc1F)c1ccccc1C(F)(F)F. The first-order chi connectivity index (χ1) is 9.39. The van der Waals surface area contributed by atoms with Crippen molar-refractivity contribution in [2.45, 2.75) is 18.7 Å². The van der Waals surface area contributed by atoms with Crippen molar-refractivity contribution in [1.29, 1.82) is 0 Å². The largest absolute Gasteiger partial charge is 0.416 e. The fraction of sp³-hybridized carbons (Fsp3) is 0.200. The summed E-state index contributed by atoms with van der Waals surface area (Å²) in [5.74, 6) is -0.545. The van der Waals surface area contributed by atoms with Gasteiger partial charge in [-0.1, -0.05) is 36.4 Å². The highest BCUT2D eigenvalue weighted by Gasteiger charge is 2.34. The maximum absolute atomic E-state index is 13.5. The number of hydrogen-bond donors (Lipinski definition) is 1. The molecule has 1 nitrogen and oxygen atoms in total. The summed E-state index contributed by atoms with van der Waals surface area (Å²) in [5, 5.41) is 9.98. The van der Waals surface area contributed by atoms with Crippen LogP contribution in [0.3, 0.4) is 0 Å². The summed E-state index contributed by atoms with van der Waals surface area (Å²) < 4.78 is 52.0. The number of aliphatic hydroxyl groups is 1. The third-order valence-corrected chi connectivity index (χ3v) is 3.00. The molecule has 2 rings (SSSR count). The average molecular weight is 284 g/mol. The first-order valence-electron chi connectivity index (χ1n) is 5.97. The van der Waals surface area contributed by atoms with Crippen LogP contribution in [0.5, 0.6) is 0 Å². The first kappa shape index (κ1) is 14.5. The molecule has 0 aliphatic carbocycles. The fourth-order valence-corrected chi connectivity index (χ4v) is 2.03. The minimum Gasteiger partial charge on any atom is -0.388 e. The predicted octanol–water partition coefficient (Wildman–Crippen LogP) is 4.12. The molecule has 0 spiro atoms. The highest BCUT2D eigenvalue weighted by molar-refractivity contribution is 5.33. The third-order valence-electron chi connectivity index (χ3n) is 3.00. The Morgan fingerprint density at radius 3 is 2.20 bits per heavy atom. The Balaban J connectivity index is 2.31. The number of aliphatic hydroxyl groups excluding tert-OH is 1. The molecule has 0 aliphatic rings. The standard InChI is InChI=1S/C15H12F4O/c16-13-8-4-1-5-10(13)9-14(20)11-6-2-3-7-12(11)15(17,18)19/h1-8,14,20H,9H2. The van der Waals surface area contributed by atoms with Crippen LogP contribution >= 0.6 is 0 Å². The zero-order valence-corrected chi connectivity index (χ0v) is 10.4. The lowest BCUT2D eigenvalue weighted by Crippen LogP contribution is -2.13. The summed E-state index contributed by atoms with van der Waals surface area (Å²) in [7, 11) is 0. The average Bonchev–Trinajstić information content (AvgIpc) is 2.40. The summed E-state index contributed by atoms with van der Waals surface area (Å²) in [6.07, 6.45) is -6.17. The van der Waals surface area contributed by atoms with Gasteiger partial charge in [0.1, 0.15) is 5.82 Å². The summed E-state index contributed by atoms with van der Waals surface area (Å²) in [4.78, 5) is 0. The second-order valence-electron chi connectivity index (χ2n) is 4.40. The normalized spacial score (nSPS) is 13.2. The summed E-state index contributed by atoms with van der Waals surface area (Å²) in [5.41, 5.74) is -0.968. The Kier molecular flexibility index (Phi) is 4.09. The van der Waals surface area contributed by atoms with Gasteiger partial charge in [0.2, 0.25) is 0 Å². The lowest BCUT2D eigenvalue weighted by Gasteiger charge is -2.17. The molecule has 1 atom stereocenters. The van der Waals surface area contributed by atoms with Gasteiger partial charge in [0.05, 0.1) is 11.7 Å². The van der Waals surface area contributed by atoms with E-state index in [1.54, 1.807) is 6.07 Å². The van der Waals surface area contributed by atoms with Crippen molar-refractivity contribution in [3.8, 4) is 0 Å². The van der Waals surface area contributed by atoms with Crippen molar-refractivity contribution in [3.63, 3.8) is 0 Å². The molecule has 0 amide bonds. The Morgan fingerprint density at radius 2 is 1.55 bits per heavy atom. The molecule has 0 aliphatic heterocycles. The van der Waals surface area contributed by atoms with Gasteiger partial charge in [-0.2, -0.15) is 13.2 Å². The molecule has 106 valence electrons. The number of halogens is 4. The monoisotopic (exact) mass is 284 g/mol. The number of alkyl halides is 3. The van der Waals surface area contributed by atoms with Crippen LogP contribution in [0.1, 0.15) is 22.8 Å². The highest BCUT2D eigenvalue weighted by Crippen LogP contribution is 2.35. The van der Waals surface area contributed by atoms with Crippen LogP contribution in [0, 0.1) is 5.82 Å². The fourth-order valence-electron chi connectivity index (χ4n) is 2.03. The summed E-state index contributed by atoms with van der Waals surface area (Å²) in [6.45, 7) is 0. The van der Waals surface area contributed by atoms with E-state index in [9.17, 15) is 22.7 Å². The Labute approximate surface area is 113 Å². The zero-order valence-electron chi connectivity index (χ0n) is 10.4. The van der Waals surface area contributed by atoms with E-state index in [0.717, 1.165) is 6.07 Å². The summed E-state index contributed by atoms with van der Waals surface area (Å²) >= 11 is 0. The Bertz CT molecular complexity index is 592. The molecule has 0 heterocycles. The topological polar surface area (TPSA) is 20.2 Å². The molecular formula is C15H12F4O. The number of rotatable bonds is 3. The van der Waals surface area contributed by atoms with Gasteiger partial charge in [0.15, 0.2) is 0 Å². The molecule has 2 aromatic carbocycles. The Morgan fingerprint density at radius 1 is 0.950 bits per heavy atom. The number of hydrogen-bond acceptors (Lipinski definition) is 1. The molecule has 1 unspecified atom stereocenters. The molecule has 20 heavy (non-hydrogen) atoms. The van der Waals surface area contributed by atoms with Gasteiger partial charge < -0.3 is 5.11 Å². The van der Waals surface area contributed by atoms with Crippen molar-refractivity contribution in [2.75, 3.05) is 0 Å². The van der Waals surface area contributed by atoms with Gasteiger partial charge in [0.25, 0.3) is 0 Å². The predicted molar refractivity (Wildman–Crippen MR) is 66.5 cm³/mol. The molecule has 0 aromatic heterocycles. The van der Waals surface area contributed by atoms with Gasteiger partial charge in [-0.15, -0.1) is 0 Å². The van der Waals surface area contributed by atoms with E-state index in [1.165, 1.54) is 36.4 Å². The van der Waals surface area contributed by atoms with Crippen molar-refractivity contribution < 1.29 is 22.7 Å². The first-order valence-corrected chi connectivity index (χ1v) is 5.97. The van der Waals surface area contributed by atoms with E-state index in [1.807, 2.05) is 0 Å². The lowest BCUT2D eigenvalue weighted by molar-refractivity contribution is -0.139. The van der Waals surface area contributed by atoms with Gasteiger partial charge in [-0.05, 0) is 23.3 Å². The minimum absolute atomic E-state index is 0.178. The van der Waals surface area contributed by atoms with E-state index in [0.29, 0.717) is 0 Å². The summed E-state index contributed by atoms with van der Waals surface area (Å²) in [6, 6.07) is 10.5. The maximum atomic E-state index is 13.5. The molecule has 5 heteroatoms. The minimum atomic E-state index is -4.55. The maximum Gasteiger partial charge on any atom is 0.416 e. The van der Waals surface area contributed by atoms with Crippen LogP contribution in [0.2, 0.25) is 0 Å². The zero-order chi connectivity index (χ0) is 14.8. The molecule has 0 radical (unpaired) electrons. The van der Waals surface area contributed by atoms with Crippen LogP contribution in [0.15, 0.2) is 48.5 Å². The van der Waals surface area contributed by atoms with Crippen molar-refractivity contribution in [1.82, 2.24) is 0 Å². The van der Waals surface area contributed by atoms with Gasteiger partial charge >= 0.3 is 6.18 Å². The second-order valence-corrected chi connectivity index (χ2v) is 4.40. The van der Waals surface area contributed by atoms with Crippen LogP contribution in [-0.4, -0.2) is 5.11 Å². The van der Waals surface area contributed by atoms with Crippen molar-refractivity contribution >= 4 is 0 Å². The third kappa shape index (κ3) is 3.17. The highest BCUT2D eigenvalue weighted by atomic mass is 19.4. The molecular weight excluding hydrogens is 272 g/mol. The van der Waals surface area contributed by atoms with Crippen LogP contribution < -0.4 is 0 Å². The van der Waals surface area contributed by atoms with Gasteiger partial charge in [-0.3, -0.25) is 0 Å². The Hall–Kier alpha value is -1.88. The quantitative estimate of drug-likeness (QED) is 0.841. The molecule has 0 saturated heterocycles. The van der Waals surface area contributed by atoms with Crippen molar-refractivity contribution in [3.05, 3.63) is 71.0 Å². The molecule has 0 bridgehead atoms. The van der Waals surface area contributed by atoms with Crippen LogP contribution in [-0.2, 0) is 12.6 Å². The number of benzene rings is 2. The van der Waals surface area contributed by atoms with Crippen LogP contribution in [0.25, 0.3) is 0 Å². The smallest absolute Gasteiger partial charge is 0.388 e. The van der Waals surface area contributed by atoms with E-state index in [4.69, 9.17) is 0 Å². The molecule has 0 saturated carbocycles. The van der Waals surface area contributed by atoms with E-state index >= 15 is 0 Å².